The number of thiazole rings is 1. The number of halogens is 1. The molecule has 0 saturated heterocycles. The Bertz CT molecular complexity index is 909. The lowest BCUT2D eigenvalue weighted by Crippen LogP contribution is -2.23. The van der Waals surface area contributed by atoms with Gasteiger partial charge in [0.05, 0.1) is 17.8 Å². The average molecular weight is 390 g/mol. The third-order valence-electron chi connectivity index (χ3n) is 3.45. The standard InChI is InChI=1S/C18H15FN2O3S2/c1-12(22)21(16-5-3-2-4-15(16)19)18-20-14(11-26-18)9-24-17(23)8-13-6-7-25-10-13/h2-7,10-11H,8-9H2,1H3. The maximum atomic E-state index is 14.0. The summed E-state index contributed by atoms with van der Waals surface area (Å²) in [4.78, 5) is 29.3. The number of hydrogen-bond donors (Lipinski definition) is 0. The molecule has 0 unspecified atom stereocenters. The van der Waals surface area contributed by atoms with Gasteiger partial charge in [0.25, 0.3) is 0 Å². The Morgan fingerprint density at radius 1 is 1.23 bits per heavy atom. The summed E-state index contributed by atoms with van der Waals surface area (Å²) >= 11 is 2.70. The van der Waals surface area contributed by atoms with Crippen LogP contribution in [0.1, 0.15) is 18.2 Å². The van der Waals surface area contributed by atoms with Crippen LogP contribution in [0.3, 0.4) is 0 Å². The molecule has 1 aromatic carbocycles. The third kappa shape index (κ3) is 4.33. The molecule has 0 fully saturated rings. The lowest BCUT2D eigenvalue weighted by atomic mass is 10.2. The highest BCUT2D eigenvalue weighted by Gasteiger charge is 2.21. The SMILES string of the molecule is CC(=O)N(c1nc(COC(=O)Cc2ccsc2)cs1)c1ccccc1F. The number of rotatable bonds is 6. The second-order valence-corrected chi connectivity index (χ2v) is 7.01. The number of aromatic nitrogens is 1. The zero-order valence-corrected chi connectivity index (χ0v) is 15.5. The van der Waals surface area contributed by atoms with Gasteiger partial charge in [-0.05, 0) is 34.5 Å². The van der Waals surface area contributed by atoms with Gasteiger partial charge in [-0.3, -0.25) is 14.5 Å². The van der Waals surface area contributed by atoms with Crippen molar-refractivity contribution in [2.24, 2.45) is 0 Å². The van der Waals surface area contributed by atoms with Crippen LogP contribution in [0.15, 0.2) is 46.5 Å². The summed E-state index contributed by atoms with van der Waals surface area (Å²) in [7, 11) is 0. The zero-order chi connectivity index (χ0) is 18.5. The molecular formula is C18H15FN2O3S2. The topological polar surface area (TPSA) is 59.5 Å². The highest BCUT2D eigenvalue weighted by Crippen LogP contribution is 2.30. The maximum Gasteiger partial charge on any atom is 0.310 e. The van der Waals surface area contributed by atoms with Crippen LogP contribution in [0.25, 0.3) is 0 Å². The van der Waals surface area contributed by atoms with Crippen LogP contribution < -0.4 is 4.90 Å². The van der Waals surface area contributed by atoms with Crippen LogP contribution >= 0.6 is 22.7 Å². The summed E-state index contributed by atoms with van der Waals surface area (Å²) in [5, 5.41) is 5.80. The van der Waals surface area contributed by atoms with E-state index in [1.165, 1.54) is 46.6 Å². The molecule has 0 spiro atoms. The van der Waals surface area contributed by atoms with E-state index in [0.717, 1.165) is 5.56 Å². The minimum Gasteiger partial charge on any atom is -0.459 e. The van der Waals surface area contributed by atoms with Gasteiger partial charge in [0.1, 0.15) is 12.4 Å². The Kier molecular flexibility index (Phi) is 5.75. The number of carbonyl (C=O) groups is 2. The molecule has 5 nitrogen and oxygen atoms in total. The van der Waals surface area contributed by atoms with Crippen molar-refractivity contribution in [3.05, 3.63) is 63.5 Å². The molecule has 2 heterocycles. The fourth-order valence-corrected chi connectivity index (χ4v) is 3.80. The van der Waals surface area contributed by atoms with Crippen molar-refractivity contribution in [2.45, 2.75) is 20.0 Å². The number of benzene rings is 1. The van der Waals surface area contributed by atoms with Crippen LogP contribution in [0.2, 0.25) is 0 Å². The molecule has 134 valence electrons. The molecule has 0 aliphatic heterocycles. The van der Waals surface area contributed by atoms with Gasteiger partial charge in [0, 0.05) is 12.3 Å². The monoisotopic (exact) mass is 390 g/mol. The van der Waals surface area contributed by atoms with E-state index in [-0.39, 0.29) is 30.6 Å². The number of para-hydroxylation sites is 1. The fourth-order valence-electron chi connectivity index (χ4n) is 2.27. The molecule has 1 amide bonds. The van der Waals surface area contributed by atoms with Gasteiger partial charge in [0.2, 0.25) is 5.91 Å². The van der Waals surface area contributed by atoms with Crippen molar-refractivity contribution in [1.29, 1.82) is 0 Å². The number of nitrogens with zero attached hydrogens (tertiary/aromatic N) is 2. The first kappa shape index (κ1) is 18.2. The predicted octanol–water partition coefficient (Wildman–Crippen LogP) is 4.31. The van der Waals surface area contributed by atoms with Crippen LogP contribution in [0.5, 0.6) is 0 Å². The zero-order valence-electron chi connectivity index (χ0n) is 13.8. The largest absolute Gasteiger partial charge is 0.459 e. The molecule has 26 heavy (non-hydrogen) atoms. The number of amides is 1. The molecule has 0 aliphatic carbocycles. The average Bonchev–Trinajstić information content (AvgIpc) is 3.27. The minimum absolute atomic E-state index is 0.00247. The Hall–Kier alpha value is -2.58. The van der Waals surface area contributed by atoms with E-state index < -0.39 is 5.82 Å². The highest BCUT2D eigenvalue weighted by molar-refractivity contribution is 7.14. The second-order valence-electron chi connectivity index (χ2n) is 5.40. The predicted molar refractivity (Wildman–Crippen MR) is 99.2 cm³/mol. The van der Waals surface area contributed by atoms with Crippen LogP contribution in [-0.2, 0) is 27.4 Å². The maximum absolute atomic E-state index is 14.0. The van der Waals surface area contributed by atoms with Gasteiger partial charge in [-0.2, -0.15) is 11.3 Å². The third-order valence-corrected chi connectivity index (χ3v) is 5.06. The molecule has 8 heteroatoms. The van der Waals surface area contributed by atoms with E-state index in [4.69, 9.17) is 4.74 Å². The Balaban J connectivity index is 1.68. The van der Waals surface area contributed by atoms with Gasteiger partial charge in [-0.25, -0.2) is 9.37 Å². The summed E-state index contributed by atoms with van der Waals surface area (Å²) in [5.74, 6) is -1.22. The fraction of sp³-hybridized carbons (Fsp3) is 0.167. The highest BCUT2D eigenvalue weighted by atomic mass is 32.1. The van der Waals surface area contributed by atoms with E-state index in [1.807, 2.05) is 16.8 Å². The van der Waals surface area contributed by atoms with E-state index in [9.17, 15) is 14.0 Å². The molecular weight excluding hydrogens is 375 g/mol. The molecule has 3 rings (SSSR count). The van der Waals surface area contributed by atoms with Crippen molar-refractivity contribution in [2.75, 3.05) is 4.90 Å². The lowest BCUT2D eigenvalue weighted by molar-refractivity contribution is -0.144. The second kappa shape index (κ2) is 8.20. The molecule has 0 radical (unpaired) electrons. The number of thiophene rings is 1. The van der Waals surface area contributed by atoms with Gasteiger partial charge in [0.15, 0.2) is 5.13 Å². The first-order valence-electron chi connectivity index (χ1n) is 7.71. The minimum atomic E-state index is -0.512. The summed E-state index contributed by atoms with van der Waals surface area (Å²) in [6.07, 6.45) is 0.204. The number of esters is 1. The number of anilines is 2. The van der Waals surface area contributed by atoms with Gasteiger partial charge in [-0.1, -0.05) is 12.1 Å². The van der Waals surface area contributed by atoms with E-state index >= 15 is 0 Å². The van der Waals surface area contributed by atoms with Crippen molar-refractivity contribution in [1.82, 2.24) is 4.98 Å². The Labute approximate surface area is 157 Å². The molecule has 0 N–H and O–H groups in total. The molecule has 0 aliphatic rings. The number of carbonyl (C=O) groups excluding carboxylic acids is 2. The van der Waals surface area contributed by atoms with Crippen molar-refractivity contribution >= 4 is 45.4 Å². The lowest BCUT2D eigenvalue weighted by Gasteiger charge is -2.18. The van der Waals surface area contributed by atoms with E-state index in [2.05, 4.69) is 4.98 Å². The summed E-state index contributed by atoms with van der Waals surface area (Å²) in [6, 6.07) is 7.86. The molecule has 3 aromatic rings. The van der Waals surface area contributed by atoms with E-state index in [1.54, 1.807) is 17.5 Å². The molecule has 0 atom stereocenters. The van der Waals surface area contributed by atoms with E-state index in [0.29, 0.717) is 10.8 Å². The first-order valence-corrected chi connectivity index (χ1v) is 9.53. The normalized spacial score (nSPS) is 10.5. The van der Waals surface area contributed by atoms with Crippen molar-refractivity contribution in [3.8, 4) is 0 Å². The molecule has 2 aromatic heterocycles. The quantitative estimate of drug-likeness (QED) is 0.589. The van der Waals surface area contributed by atoms with Crippen LogP contribution in [-0.4, -0.2) is 16.9 Å². The molecule has 0 saturated carbocycles. The number of hydrogen-bond acceptors (Lipinski definition) is 6. The van der Waals surface area contributed by atoms with Crippen LogP contribution in [0, 0.1) is 5.82 Å². The number of ether oxygens (including phenoxy) is 1. The first-order chi connectivity index (χ1) is 12.5. The van der Waals surface area contributed by atoms with Gasteiger partial charge >= 0.3 is 5.97 Å². The van der Waals surface area contributed by atoms with Gasteiger partial charge < -0.3 is 4.74 Å². The summed E-state index contributed by atoms with van der Waals surface area (Å²) in [6.45, 7) is 1.34. The smallest absolute Gasteiger partial charge is 0.310 e. The summed E-state index contributed by atoms with van der Waals surface area (Å²) in [5.41, 5.74) is 1.54. The van der Waals surface area contributed by atoms with Crippen molar-refractivity contribution < 1.29 is 18.7 Å². The summed E-state index contributed by atoms with van der Waals surface area (Å²) < 4.78 is 19.3. The van der Waals surface area contributed by atoms with Crippen molar-refractivity contribution in [3.63, 3.8) is 0 Å². The Morgan fingerprint density at radius 2 is 2.04 bits per heavy atom. The van der Waals surface area contributed by atoms with Gasteiger partial charge in [-0.15, -0.1) is 11.3 Å². The Morgan fingerprint density at radius 3 is 2.73 bits per heavy atom. The molecule has 0 bridgehead atoms. The van der Waals surface area contributed by atoms with Crippen LogP contribution in [0.4, 0.5) is 15.2 Å².